The van der Waals surface area contributed by atoms with E-state index in [-0.39, 0.29) is 13.8 Å². The first kappa shape index (κ1) is 22.0. The molecule has 0 aliphatic rings. The normalized spacial score (nSPS) is 15.8. The van der Waals surface area contributed by atoms with Crippen LogP contribution in [0.25, 0.3) is 0 Å². The molecule has 0 aliphatic carbocycles. The zero-order chi connectivity index (χ0) is 18.4. The molecule has 0 aromatic rings. The van der Waals surface area contributed by atoms with Crippen molar-refractivity contribution in [1.82, 2.24) is 0 Å². The van der Waals surface area contributed by atoms with Gasteiger partial charge in [-0.25, -0.2) is 0 Å². The van der Waals surface area contributed by atoms with Gasteiger partial charge in [0.15, 0.2) is 7.92 Å². The van der Waals surface area contributed by atoms with Crippen molar-refractivity contribution in [2.24, 2.45) is 0 Å². The van der Waals surface area contributed by atoms with Crippen molar-refractivity contribution in [3.63, 3.8) is 0 Å². The Kier molecular flexibility index (Phi) is 6.12. The summed E-state index contributed by atoms with van der Waals surface area (Å²) in [7, 11) is -10.9. The van der Waals surface area contributed by atoms with E-state index in [1.165, 1.54) is 0 Å². The van der Waals surface area contributed by atoms with Crippen molar-refractivity contribution in [2.45, 2.75) is 42.9 Å². The summed E-state index contributed by atoms with van der Waals surface area (Å²) >= 11 is 0. The smallest absolute Gasteiger partial charge is 0.332 e. The van der Waals surface area contributed by atoms with E-state index in [1.54, 1.807) is 0 Å². The molecule has 0 amide bonds. The van der Waals surface area contributed by atoms with Crippen molar-refractivity contribution in [1.29, 1.82) is 0 Å². The highest BCUT2D eigenvalue weighted by Crippen LogP contribution is 2.76. The molecule has 0 saturated heterocycles. The fraction of sp³-hybridized carbons (Fsp3) is 1.00. The van der Waals surface area contributed by atoms with Gasteiger partial charge in [0.05, 0.1) is 0 Å². The van der Waals surface area contributed by atoms with Gasteiger partial charge in [-0.3, -0.25) is 0 Å². The summed E-state index contributed by atoms with van der Waals surface area (Å²) in [4.78, 5) is 0. The Morgan fingerprint density at radius 3 is 1.00 bits per heavy atom. The number of rotatable bonds is 3. The summed E-state index contributed by atoms with van der Waals surface area (Å²) in [5.41, 5.74) is 0. The minimum Gasteiger partial charge on any atom is -0.332 e. The molecule has 0 bridgehead atoms. The van der Waals surface area contributed by atoms with Gasteiger partial charge in [-0.1, -0.05) is 0 Å². The first-order valence-electron chi connectivity index (χ1n) is 4.77. The number of halogens is 12. The Bertz CT molecular complexity index is 349. The topological polar surface area (TPSA) is 9.23 Å². The van der Waals surface area contributed by atoms with Gasteiger partial charge in [0.2, 0.25) is 0 Å². The molecule has 0 atom stereocenters. The van der Waals surface area contributed by atoms with Gasteiger partial charge in [-0.05, 0) is 13.8 Å². The lowest BCUT2D eigenvalue weighted by molar-refractivity contribution is -0.111. The van der Waals surface area contributed by atoms with E-state index in [4.69, 9.17) is 0 Å². The second-order valence-corrected chi connectivity index (χ2v) is 8.59. The van der Waals surface area contributed by atoms with Gasteiger partial charge in [0.25, 0.3) is 8.15 Å². The molecule has 0 saturated carbocycles. The van der Waals surface area contributed by atoms with Crippen molar-refractivity contribution in [3.8, 4) is 0 Å². The molecule has 134 valence electrons. The van der Waals surface area contributed by atoms with Gasteiger partial charge in [0, 0.05) is 0 Å². The Balaban J connectivity index is 5.79. The van der Waals surface area contributed by atoms with Crippen LogP contribution in [0, 0.1) is 0 Å². The second kappa shape index (κ2) is 6.12. The van der Waals surface area contributed by atoms with Gasteiger partial charge >= 0.3 is 23.7 Å². The Labute approximate surface area is 117 Å². The van der Waals surface area contributed by atoms with E-state index in [1.807, 2.05) is 0 Å². The molecule has 0 heterocycles. The maximum Gasteiger partial charge on any atom is 0.439 e. The van der Waals surface area contributed by atoms with Crippen molar-refractivity contribution in [3.05, 3.63) is 0 Å². The SMILES string of the molecule is CC(C)(OP(C(F)(F)F)C(F)(F)F)P(C(F)(F)F)C(F)(F)F. The average molecular weight is 396 g/mol. The molecule has 0 aromatic carbocycles. The van der Waals surface area contributed by atoms with Crippen LogP contribution >= 0.6 is 16.1 Å². The molecule has 0 rings (SSSR count). The van der Waals surface area contributed by atoms with E-state index in [2.05, 4.69) is 4.52 Å². The molecule has 22 heavy (non-hydrogen) atoms. The second-order valence-electron chi connectivity index (χ2n) is 4.04. The van der Waals surface area contributed by atoms with E-state index in [0.29, 0.717) is 0 Å². The Hall–Kier alpha value is -0.0200. The van der Waals surface area contributed by atoms with Crippen molar-refractivity contribution >= 4 is 16.1 Å². The highest BCUT2D eigenvalue weighted by molar-refractivity contribution is 7.62. The maximum atomic E-state index is 12.4. The predicted octanol–water partition coefficient (Wildman–Crippen LogP) is 6.70. The van der Waals surface area contributed by atoms with Crippen LogP contribution in [-0.4, -0.2) is 29.0 Å². The predicted molar refractivity (Wildman–Crippen MR) is 53.2 cm³/mol. The molecule has 0 aromatic heterocycles. The number of alkyl halides is 12. The maximum absolute atomic E-state index is 12.4. The minimum absolute atomic E-state index is 0.105. The third kappa shape index (κ3) is 5.88. The van der Waals surface area contributed by atoms with E-state index in [0.717, 1.165) is 0 Å². The largest absolute Gasteiger partial charge is 0.439 e. The molecule has 0 aliphatic heterocycles. The molecule has 1 nitrogen and oxygen atoms in total. The van der Waals surface area contributed by atoms with E-state index in [9.17, 15) is 52.7 Å². The monoisotopic (exact) mass is 396 g/mol. The third-order valence-corrected chi connectivity index (χ3v) is 5.71. The molecule has 15 heteroatoms. The Morgan fingerprint density at radius 2 is 0.818 bits per heavy atom. The van der Waals surface area contributed by atoms with E-state index >= 15 is 0 Å². The molecule has 0 fully saturated rings. The average Bonchev–Trinajstić information content (AvgIpc) is 2.03. The first-order chi connectivity index (χ1) is 9.21. The number of hydrogen-bond donors (Lipinski definition) is 0. The van der Waals surface area contributed by atoms with Gasteiger partial charge in [-0.2, -0.15) is 52.7 Å². The molecule has 0 radical (unpaired) electrons. The first-order valence-corrected chi connectivity index (χ1v) is 7.37. The quantitative estimate of drug-likeness (QED) is 0.381. The Morgan fingerprint density at radius 1 is 0.545 bits per heavy atom. The molecule has 0 spiro atoms. The van der Waals surface area contributed by atoms with Crippen LogP contribution in [-0.2, 0) is 4.52 Å². The molecule has 0 N–H and O–H groups in total. The lowest BCUT2D eigenvalue weighted by atomic mass is 10.5. The van der Waals surface area contributed by atoms with Gasteiger partial charge in [-0.15, -0.1) is 0 Å². The van der Waals surface area contributed by atoms with Crippen LogP contribution in [0.5, 0.6) is 0 Å². The summed E-state index contributed by atoms with van der Waals surface area (Å²) < 4.78 is 151. The lowest BCUT2D eigenvalue weighted by Gasteiger charge is -2.39. The molecular weight excluding hydrogens is 390 g/mol. The molecular formula is C7H6F12OP2. The highest BCUT2D eigenvalue weighted by Gasteiger charge is 2.68. The summed E-state index contributed by atoms with van der Waals surface area (Å²) in [6.07, 6.45) is 0. The number of hydrogen-bond acceptors (Lipinski definition) is 1. The van der Waals surface area contributed by atoms with Crippen LogP contribution in [0.4, 0.5) is 52.7 Å². The fourth-order valence-electron chi connectivity index (χ4n) is 1.27. The van der Waals surface area contributed by atoms with Crippen LogP contribution in [0.3, 0.4) is 0 Å². The van der Waals surface area contributed by atoms with Gasteiger partial charge < -0.3 is 4.52 Å². The molecule has 0 unspecified atom stereocenters. The third-order valence-electron chi connectivity index (χ3n) is 1.82. The summed E-state index contributed by atoms with van der Waals surface area (Å²) in [5.74, 6) is -24.5. The summed E-state index contributed by atoms with van der Waals surface area (Å²) in [6.45, 7) is -0.209. The zero-order valence-electron chi connectivity index (χ0n) is 10.3. The lowest BCUT2D eigenvalue weighted by Crippen LogP contribution is -2.36. The van der Waals surface area contributed by atoms with Crippen molar-refractivity contribution < 1.29 is 57.2 Å². The van der Waals surface area contributed by atoms with E-state index < -0.39 is 45.1 Å². The van der Waals surface area contributed by atoms with Crippen LogP contribution < -0.4 is 0 Å². The fourth-order valence-corrected chi connectivity index (χ4v) is 4.29. The minimum atomic E-state index is -6.16. The van der Waals surface area contributed by atoms with Crippen molar-refractivity contribution in [2.75, 3.05) is 0 Å². The summed E-state index contributed by atoms with van der Waals surface area (Å²) in [6, 6.07) is 0. The van der Waals surface area contributed by atoms with Crippen LogP contribution in [0.15, 0.2) is 0 Å². The highest BCUT2D eigenvalue weighted by atomic mass is 31.1. The van der Waals surface area contributed by atoms with Gasteiger partial charge in [0.1, 0.15) is 5.34 Å². The standard InChI is InChI=1S/C7H6F12OP2/c1-3(2,21(4(8,9)10)5(11,12)13)20-22(6(14,15)16)7(17,18)19/h1-2H3. The van der Waals surface area contributed by atoms with Crippen LogP contribution in [0.2, 0.25) is 0 Å². The zero-order valence-corrected chi connectivity index (χ0v) is 12.1. The summed E-state index contributed by atoms with van der Waals surface area (Å²) in [5, 5.41) is -3.78. The van der Waals surface area contributed by atoms with Crippen LogP contribution in [0.1, 0.15) is 13.8 Å².